The Morgan fingerprint density at radius 2 is 1.65 bits per heavy atom. The molecule has 6 heteroatoms. The van der Waals surface area contributed by atoms with E-state index >= 15 is 0 Å². The maximum atomic E-state index is 13.6. The van der Waals surface area contributed by atoms with Gasteiger partial charge in [0, 0.05) is 16.6 Å². The summed E-state index contributed by atoms with van der Waals surface area (Å²) in [6.45, 7) is -0.246. The molecule has 0 saturated heterocycles. The van der Waals surface area contributed by atoms with Crippen molar-refractivity contribution in [3.63, 3.8) is 0 Å². The summed E-state index contributed by atoms with van der Waals surface area (Å²) in [4.78, 5) is 0. The fraction of sp³-hybridized carbons (Fsp3) is 0.143. The van der Waals surface area contributed by atoms with Gasteiger partial charge in [-0.3, -0.25) is 0 Å². The van der Waals surface area contributed by atoms with E-state index < -0.39 is 23.2 Å². The second kappa shape index (κ2) is 6.28. The van der Waals surface area contributed by atoms with Crippen LogP contribution in [-0.2, 0) is 13.2 Å². The first-order chi connectivity index (χ1) is 9.51. The number of halogens is 4. The summed E-state index contributed by atoms with van der Waals surface area (Å²) in [5, 5.41) is 0. The first-order valence-electron chi connectivity index (χ1n) is 5.76. The molecule has 2 aromatic carbocycles. The van der Waals surface area contributed by atoms with Gasteiger partial charge < -0.3 is 10.5 Å². The summed E-state index contributed by atoms with van der Waals surface area (Å²) >= 11 is 3.12. The largest absolute Gasteiger partial charge is 0.483 e. The zero-order valence-corrected chi connectivity index (χ0v) is 11.9. The molecular weight excluding hydrogens is 335 g/mol. The van der Waals surface area contributed by atoms with Gasteiger partial charge in [0.25, 0.3) is 0 Å². The van der Waals surface area contributed by atoms with E-state index in [1.54, 1.807) is 6.07 Å². The van der Waals surface area contributed by atoms with Crippen molar-refractivity contribution in [3.8, 4) is 5.75 Å². The molecule has 0 aliphatic rings. The lowest BCUT2D eigenvalue weighted by Crippen LogP contribution is -2.04. The van der Waals surface area contributed by atoms with Gasteiger partial charge in [-0.2, -0.15) is 0 Å². The Morgan fingerprint density at radius 3 is 2.20 bits per heavy atom. The van der Waals surface area contributed by atoms with Crippen molar-refractivity contribution >= 4 is 15.9 Å². The summed E-state index contributed by atoms with van der Waals surface area (Å²) in [5.74, 6) is -2.77. The molecule has 0 aliphatic heterocycles. The molecule has 2 N–H and O–H groups in total. The molecular formula is C14H11BrF3NO. The molecule has 0 saturated carbocycles. The number of benzene rings is 2. The van der Waals surface area contributed by atoms with Gasteiger partial charge in [0.2, 0.25) is 0 Å². The summed E-state index contributed by atoms with van der Waals surface area (Å²) in [7, 11) is 0. The Bertz CT molecular complexity index is 611. The number of hydrogen-bond acceptors (Lipinski definition) is 2. The second-order valence-electron chi connectivity index (χ2n) is 4.12. The number of nitrogens with two attached hydrogens (primary N) is 1. The Kier molecular flexibility index (Phi) is 4.67. The fourth-order valence-corrected chi connectivity index (χ4v) is 1.99. The van der Waals surface area contributed by atoms with E-state index in [4.69, 9.17) is 10.5 Å². The quantitative estimate of drug-likeness (QED) is 0.911. The van der Waals surface area contributed by atoms with E-state index in [1.807, 2.05) is 0 Å². The highest BCUT2D eigenvalue weighted by molar-refractivity contribution is 9.10. The molecule has 0 radical (unpaired) electrons. The standard InChI is InChI=1S/C14H11BrF3NO/c15-10-2-1-9(11(16)5-10)7-20-14-12(17)3-8(6-19)4-13(14)18/h1-5H,6-7,19H2. The normalized spacial score (nSPS) is 10.7. The van der Waals surface area contributed by atoms with E-state index in [0.717, 1.165) is 12.1 Å². The van der Waals surface area contributed by atoms with Crippen molar-refractivity contribution in [1.29, 1.82) is 0 Å². The predicted molar refractivity (Wildman–Crippen MR) is 72.7 cm³/mol. The molecule has 106 valence electrons. The van der Waals surface area contributed by atoms with Crippen LogP contribution in [0.4, 0.5) is 13.2 Å². The van der Waals surface area contributed by atoms with Crippen LogP contribution in [-0.4, -0.2) is 0 Å². The second-order valence-corrected chi connectivity index (χ2v) is 5.03. The first kappa shape index (κ1) is 14.9. The zero-order valence-electron chi connectivity index (χ0n) is 10.3. The zero-order chi connectivity index (χ0) is 14.7. The van der Waals surface area contributed by atoms with Crippen LogP contribution in [0.25, 0.3) is 0 Å². The Morgan fingerprint density at radius 1 is 1.00 bits per heavy atom. The van der Waals surface area contributed by atoms with Crippen molar-refractivity contribution in [3.05, 3.63) is 63.4 Å². The minimum absolute atomic E-state index is 0.0233. The van der Waals surface area contributed by atoms with E-state index in [2.05, 4.69) is 15.9 Å². The third-order valence-electron chi connectivity index (χ3n) is 2.68. The molecule has 0 fully saturated rings. The molecule has 2 nitrogen and oxygen atoms in total. The van der Waals surface area contributed by atoms with Crippen LogP contribution >= 0.6 is 15.9 Å². The SMILES string of the molecule is NCc1cc(F)c(OCc2ccc(Br)cc2F)c(F)c1. The summed E-state index contributed by atoms with van der Waals surface area (Å²) in [6, 6.07) is 6.53. The molecule has 0 bridgehead atoms. The predicted octanol–water partition coefficient (Wildman–Crippen LogP) is 3.90. The van der Waals surface area contributed by atoms with Crippen molar-refractivity contribution in [2.45, 2.75) is 13.2 Å². The van der Waals surface area contributed by atoms with Gasteiger partial charge in [-0.05, 0) is 29.8 Å². The van der Waals surface area contributed by atoms with E-state index in [1.165, 1.54) is 12.1 Å². The Balaban J connectivity index is 2.19. The minimum atomic E-state index is -0.858. The Hall–Kier alpha value is -1.53. The maximum Gasteiger partial charge on any atom is 0.191 e. The Labute approximate surface area is 122 Å². The summed E-state index contributed by atoms with van der Waals surface area (Å²) in [6.07, 6.45) is 0. The topological polar surface area (TPSA) is 35.2 Å². The molecule has 20 heavy (non-hydrogen) atoms. The van der Waals surface area contributed by atoms with Crippen LogP contribution in [0, 0.1) is 17.5 Å². The van der Waals surface area contributed by atoms with Gasteiger partial charge in [0.1, 0.15) is 12.4 Å². The molecule has 2 rings (SSSR count). The molecule has 0 amide bonds. The minimum Gasteiger partial charge on any atom is -0.483 e. The van der Waals surface area contributed by atoms with Crippen LogP contribution in [0.5, 0.6) is 5.75 Å². The van der Waals surface area contributed by atoms with Crippen molar-refractivity contribution in [2.75, 3.05) is 0 Å². The maximum absolute atomic E-state index is 13.6. The van der Waals surface area contributed by atoms with E-state index in [-0.39, 0.29) is 18.7 Å². The van der Waals surface area contributed by atoms with Gasteiger partial charge >= 0.3 is 0 Å². The molecule has 0 spiro atoms. The average molecular weight is 346 g/mol. The van der Waals surface area contributed by atoms with Crippen LogP contribution in [0.15, 0.2) is 34.8 Å². The van der Waals surface area contributed by atoms with Crippen LogP contribution in [0.3, 0.4) is 0 Å². The molecule has 0 heterocycles. The number of hydrogen-bond donors (Lipinski definition) is 1. The first-order valence-corrected chi connectivity index (χ1v) is 6.55. The van der Waals surface area contributed by atoms with Crippen molar-refractivity contribution in [2.24, 2.45) is 5.73 Å². The van der Waals surface area contributed by atoms with Crippen LogP contribution < -0.4 is 10.5 Å². The lowest BCUT2D eigenvalue weighted by molar-refractivity contribution is 0.269. The lowest BCUT2D eigenvalue weighted by Gasteiger charge is -2.10. The molecule has 2 aromatic rings. The highest BCUT2D eigenvalue weighted by Gasteiger charge is 2.13. The third kappa shape index (κ3) is 3.32. The summed E-state index contributed by atoms with van der Waals surface area (Å²) in [5.41, 5.74) is 5.83. The number of ether oxygens (including phenoxy) is 1. The van der Waals surface area contributed by atoms with Gasteiger partial charge in [0.15, 0.2) is 17.4 Å². The van der Waals surface area contributed by atoms with Gasteiger partial charge in [-0.1, -0.05) is 22.0 Å². The molecule has 0 aromatic heterocycles. The molecule has 0 atom stereocenters. The molecule has 0 unspecified atom stereocenters. The highest BCUT2D eigenvalue weighted by Crippen LogP contribution is 2.25. The van der Waals surface area contributed by atoms with Crippen LogP contribution in [0.2, 0.25) is 0 Å². The monoisotopic (exact) mass is 345 g/mol. The summed E-state index contributed by atoms with van der Waals surface area (Å²) < 4.78 is 46.4. The average Bonchev–Trinajstić information content (AvgIpc) is 2.39. The van der Waals surface area contributed by atoms with Crippen LogP contribution in [0.1, 0.15) is 11.1 Å². The number of rotatable bonds is 4. The fourth-order valence-electron chi connectivity index (χ4n) is 1.66. The highest BCUT2D eigenvalue weighted by atomic mass is 79.9. The lowest BCUT2D eigenvalue weighted by atomic mass is 10.2. The van der Waals surface area contributed by atoms with Gasteiger partial charge in [-0.15, -0.1) is 0 Å². The van der Waals surface area contributed by atoms with Crippen molar-refractivity contribution < 1.29 is 17.9 Å². The molecule has 0 aliphatic carbocycles. The van der Waals surface area contributed by atoms with E-state index in [0.29, 0.717) is 10.0 Å². The van der Waals surface area contributed by atoms with Crippen molar-refractivity contribution in [1.82, 2.24) is 0 Å². The van der Waals surface area contributed by atoms with Gasteiger partial charge in [0.05, 0.1) is 0 Å². The van der Waals surface area contributed by atoms with E-state index in [9.17, 15) is 13.2 Å². The third-order valence-corrected chi connectivity index (χ3v) is 3.17. The van der Waals surface area contributed by atoms with Gasteiger partial charge in [-0.25, -0.2) is 13.2 Å². The smallest absolute Gasteiger partial charge is 0.191 e.